The highest BCUT2D eigenvalue weighted by Gasteiger charge is 2.23. The highest BCUT2D eigenvalue weighted by molar-refractivity contribution is 14.0. The second-order valence-electron chi connectivity index (χ2n) is 6.79. The predicted molar refractivity (Wildman–Crippen MR) is 116 cm³/mol. The Kier molecular flexibility index (Phi) is 16.0. The molecule has 1 saturated heterocycles. The molecule has 0 radical (unpaired) electrons. The van der Waals surface area contributed by atoms with Crippen molar-refractivity contribution in [2.45, 2.75) is 46.1 Å². The van der Waals surface area contributed by atoms with E-state index in [0.717, 1.165) is 58.4 Å². The molecule has 0 aromatic rings. The molecule has 6 nitrogen and oxygen atoms in total. The molecule has 1 fully saturated rings. The van der Waals surface area contributed by atoms with Crippen LogP contribution in [0.3, 0.4) is 0 Å². The Morgan fingerprint density at radius 1 is 1.28 bits per heavy atom. The van der Waals surface area contributed by atoms with Gasteiger partial charge >= 0.3 is 0 Å². The van der Waals surface area contributed by atoms with Gasteiger partial charge in [0.2, 0.25) is 0 Å². The molecule has 7 heteroatoms. The number of halogens is 1. The standard InChI is InChI=1S/C18H38N4O2.HI/c1-5-19-18(20-9-7-12-24-15-16(2)3)21-14-17-8-6-10-22(17)11-13-23-4;/h16-17H,5-15H2,1-4H3,(H2,19,20,21);1H. The van der Waals surface area contributed by atoms with Crippen molar-refractivity contribution in [1.82, 2.24) is 15.5 Å². The number of nitrogens with zero attached hydrogens (tertiary/aromatic N) is 2. The van der Waals surface area contributed by atoms with Crippen LogP contribution in [-0.4, -0.2) is 76.6 Å². The summed E-state index contributed by atoms with van der Waals surface area (Å²) in [5, 5.41) is 6.74. The summed E-state index contributed by atoms with van der Waals surface area (Å²) in [6, 6.07) is 0.546. The minimum Gasteiger partial charge on any atom is -0.383 e. The zero-order valence-electron chi connectivity index (χ0n) is 16.6. The molecular weight excluding hydrogens is 431 g/mol. The molecular formula is C18H39IN4O2. The lowest BCUT2D eigenvalue weighted by Crippen LogP contribution is -2.40. The van der Waals surface area contributed by atoms with Crippen LogP contribution in [0, 0.1) is 5.92 Å². The van der Waals surface area contributed by atoms with Crippen molar-refractivity contribution in [3.05, 3.63) is 0 Å². The molecule has 0 spiro atoms. The number of methoxy groups -OCH3 is 1. The molecule has 1 aliphatic heterocycles. The second-order valence-corrected chi connectivity index (χ2v) is 6.79. The first-order chi connectivity index (χ1) is 11.7. The third-order valence-corrected chi connectivity index (χ3v) is 4.10. The summed E-state index contributed by atoms with van der Waals surface area (Å²) >= 11 is 0. The smallest absolute Gasteiger partial charge is 0.191 e. The molecule has 0 aromatic carbocycles. The summed E-state index contributed by atoms with van der Waals surface area (Å²) in [6.07, 6.45) is 3.50. The van der Waals surface area contributed by atoms with E-state index in [2.05, 4.69) is 36.3 Å². The van der Waals surface area contributed by atoms with E-state index in [1.54, 1.807) is 7.11 Å². The topological polar surface area (TPSA) is 58.1 Å². The van der Waals surface area contributed by atoms with Crippen molar-refractivity contribution in [2.75, 3.05) is 59.7 Å². The number of rotatable bonds is 12. The molecule has 1 atom stereocenters. The number of ether oxygens (including phenoxy) is 2. The minimum absolute atomic E-state index is 0. The monoisotopic (exact) mass is 470 g/mol. The fraction of sp³-hybridized carbons (Fsp3) is 0.944. The van der Waals surface area contributed by atoms with E-state index in [1.165, 1.54) is 19.4 Å². The predicted octanol–water partition coefficient (Wildman–Crippen LogP) is 2.33. The third-order valence-electron chi connectivity index (χ3n) is 4.10. The Morgan fingerprint density at radius 2 is 2.08 bits per heavy atom. The van der Waals surface area contributed by atoms with Gasteiger partial charge in [0.05, 0.1) is 13.2 Å². The van der Waals surface area contributed by atoms with Gasteiger partial charge in [-0.15, -0.1) is 24.0 Å². The lowest BCUT2D eigenvalue weighted by molar-refractivity contribution is 0.108. The van der Waals surface area contributed by atoms with Crippen LogP contribution in [0.4, 0.5) is 0 Å². The van der Waals surface area contributed by atoms with Crippen LogP contribution in [0.25, 0.3) is 0 Å². The first-order valence-corrected chi connectivity index (χ1v) is 9.50. The van der Waals surface area contributed by atoms with E-state index in [-0.39, 0.29) is 24.0 Å². The summed E-state index contributed by atoms with van der Waals surface area (Å²) in [5.41, 5.74) is 0. The van der Waals surface area contributed by atoms with Crippen molar-refractivity contribution in [1.29, 1.82) is 0 Å². The van der Waals surface area contributed by atoms with Crippen molar-refractivity contribution in [3.8, 4) is 0 Å². The zero-order chi connectivity index (χ0) is 17.6. The van der Waals surface area contributed by atoms with Gasteiger partial charge in [0, 0.05) is 46.0 Å². The van der Waals surface area contributed by atoms with Crippen LogP contribution in [0.1, 0.15) is 40.0 Å². The van der Waals surface area contributed by atoms with Gasteiger partial charge in [-0.3, -0.25) is 9.89 Å². The summed E-state index contributed by atoms with van der Waals surface area (Å²) in [7, 11) is 1.77. The van der Waals surface area contributed by atoms with Gasteiger partial charge in [-0.25, -0.2) is 0 Å². The second kappa shape index (κ2) is 16.1. The quantitative estimate of drug-likeness (QED) is 0.199. The van der Waals surface area contributed by atoms with Gasteiger partial charge in [0.15, 0.2) is 5.96 Å². The molecule has 0 aromatic heterocycles. The first kappa shape index (κ1) is 24.9. The van der Waals surface area contributed by atoms with E-state index in [1.807, 2.05) is 0 Å². The Balaban J connectivity index is 0.00000576. The molecule has 0 saturated carbocycles. The lowest BCUT2D eigenvalue weighted by atomic mass is 10.2. The van der Waals surface area contributed by atoms with Crippen molar-refractivity contribution < 1.29 is 9.47 Å². The van der Waals surface area contributed by atoms with Crippen LogP contribution < -0.4 is 10.6 Å². The largest absolute Gasteiger partial charge is 0.383 e. The van der Waals surface area contributed by atoms with Crippen LogP contribution in [0.2, 0.25) is 0 Å². The summed E-state index contributed by atoms with van der Waals surface area (Å²) in [6.45, 7) is 13.7. The van der Waals surface area contributed by atoms with Gasteiger partial charge in [-0.05, 0) is 38.6 Å². The molecule has 0 amide bonds. The molecule has 150 valence electrons. The lowest BCUT2D eigenvalue weighted by Gasteiger charge is -2.23. The zero-order valence-corrected chi connectivity index (χ0v) is 18.9. The van der Waals surface area contributed by atoms with Crippen molar-refractivity contribution >= 4 is 29.9 Å². The molecule has 1 unspecified atom stereocenters. The van der Waals surface area contributed by atoms with E-state index in [4.69, 9.17) is 14.5 Å². The van der Waals surface area contributed by atoms with Crippen molar-refractivity contribution in [3.63, 3.8) is 0 Å². The van der Waals surface area contributed by atoms with Crippen molar-refractivity contribution in [2.24, 2.45) is 10.9 Å². The number of aliphatic imine (C=N–C) groups is 1. The Hall–Kier alpha value is -0.120. The SMILES string of the molecule is CCNC(=NCC1CCCN1CCOC)NCCCOCC(C)C.I. The van der Waals surface area contributed by atoms with E-state index in [0.29, 0.717) is 12.0 Å². The third kappa shape index (κ3) is 12.0. The molecule has 1 rings (SSSR count). The Bertz CT molecular complexity index is 343. The summed E-state index contributed by atoms with van der Waals surface area (Å²) < 4.78 is 10.8. The Morgan fingerprint density at radius 3 is 2.76 bits per heavy atom. The number of hydrogen-bond donors (Lipinski definition) is 2. The maximum absolute atomic E-state index is 5.61. The summed E-state index contributed by atoms with van der Waals surface area (Å²) in [4.78, 5) is 7.27. The maximum atomic E-state index is 5.61. The van der Waals surface area contributed by atoms with Gasteiger partial charge in [-0.1, -0.05) is 13.8 Å². The van der Waals surface area contributed by atoms with Gasteiger partial charge in [-0.2, -0.15) is 0 Å². The normalized spacial score (nSPS) is 18.4. The molecule has 1 heterocycles. The average molecular weight is 470 g/mol. The van der Waals surface area contributed by atoms with E-state index >= 15 is 0 Å². The van der Waals surface area contributed by atoms with Gasteiger partial charge in [0.1, 0.15) is 0 Å². The summed E-state index contributed by atoms with van der Waals surface area (Å²) in [5.74, 6) is 1.52. The molecule has 0 bridgehead atoms. The highest BCUT2D eigenvalue weighted by atomic mass is 127. The molecule has 2 N–H and O–H groups in total. The number of guanidine groups is 1. The minimum atomic E-state index is 0. The number of nitrogens with one attached hydrogen (secondary N) is 2. The van der Waals surface area contributed by atoms with E-state index in [9.17, 15) is 0 Å². The highest BCUT2D eigenvalue weighted by Crippen LogP contribution is 2.16. The van der Waals surface area contributed by atoms with Gasteiger partial charge in [0.25, 0.3) is 0 Å². The van der Waals surface area contributed by atoms with Gasteiger partial charge < -0.3 is 20.1 Å². The van der Waals surface area contributed by atoms with Crippen LogP contribution in [0.15, 0.2) is 4.99 Å². The van der Waals surface area contributed by atoms with Crippen LogP contribution in [-0.2, 0) is 9.47 Å². The number of likely N-dealkylation sites (tertiary alicyclic amines) is 1. The van der Waals surface area contributed by atoms with Crippen LogP contribution in [0.5, 0.6) is 0 Å². The fourth-order valence-corrected chi connectivity index (χ4v) is 2.84. The first-order valence-electron chi connectivity index (χ1n) is 9.50. The molecule has 25 heavy (non-hydrogen) atoms. The average Bonchev–Trinajstić information content (AvgIpc) is 3.00. The Labute approximate surface area is 171 Å². The van der Waals surface area contributed by atoms with Crippen LogP contribution >= 0.6 is 24.0 Å². The molecule has 0 aliphatic carbocycles. The molecule has 1 aliphatic rings. The van der Waals surface area contributed by atoms with E-state index < -0.39 is 0 Å². The number of hydrogen-bond acceptors (Lipinski definition) is 4. The fourth-order valence-electron chi connectivity index (χ4n) is 2.84. The maximum Gasteiger partial charge on any atom is 0.191 e.